The Labute approximate surface area is 110 Å². The monoisotopic (exact) mass is 261 g/mol. The highest BCUT2D eigenvalue weighted by atomic mass is 35.5. The first-order valence-corrected chi connectivity index (χ1v) is 5.69. The van der Waals surface area contributed by atoms with E-state index < -0.39 is 0 Å². The van der Waals surface area contributed by atoms with Gasteiger partial charge >= 0.3 is 0 Å². The third-order valence-corrected chi connectivity index (χ3v) is 2.94. The van der Waals surface area contributed by atoms with Gasteiger partial charge in [0.25, 0.3) is 0 Å². The topological polar surface area (TPSA) is 79.7 Å². The molecule has 18 heavy (non-hydrogen) atoms. The fourth-order valence-electron chi connectivity index (χ4n) is 1.55. The molecule has 6 heteroatoms. The highest BCUT2D eigenvalue weighted by Crippen LogP contribution is 2.23. The van der Waals surface area contributed by atoms with Crippen LogP contribution >= 0.6 is 11.6 Å². The molecule has 0 unspecified atom stereocenters. The lowest BCUT2D eigenvalue weighted by Crippen LogP contribution is -2.04. The molecule has 2 aromatic rings. The van der Waals surface area contributed by atoms with Gasteiger partial charge in [-0.1, -0.05) is 11.6 Å². The third kappa shape index (κ3) is 2.39. The molecule has 0 atom stereocenters. The van der Waals surface area contributed by atoms with Crippen molar-refractivity contribution in [3.63, 3.8) is 0 Å². The second-order valence-corrected chi connectivity index (χ2v) is 4.25. The molecule has 1 aromatic heterocycles. The number of hydrogen-bond donors (Lipinski definition) is 2. The Balaban J connectivity index is 2.11. The van der Waals surface area contributed by atoms with Gasteiger partial charge in [0, 0.05) is 19.2 Å². The maximum absolute atomic E-state index is 8.74. The van der Waals surface area contributed by atoms with Crippen LogP contribution in [0.3, 0.4) is 0 Å². The van der Waals surface area contributed by atoms with Gasteiger partial charge in [-0.2, -0.15) is 10.4 Å². The fourth-order valence-corrected chi connectivity index (χ4v) is 1.79. The van der Waals surface area contributed by atoms with Crippen LogP contribution in [0.4, 0.5) is 11.5 Å². The molecule has 0 aliphatic rings. The van der Waals surface area contributed by atoms with E-state index in [1.807, 2.05) is 6.07 Å². The average Bonchev–Trinajstić information content (AvgIpc) is 2.68. The number of aromatic nitrogens is 2. The van der Waals surface area contributed by atoms with Crippen LogP contribution in [0.1, 0.15) is 11.1 Å². The van der Waals surface area contributed by atoms with Crippen molar-refractivity contribution in [1.29, 1.82) is 5.26 Å². The Kier molecular flexibility index (Phi) is 3.40. The minimum Gasteiger partial charge on any atom is -0.384 e. The van der Waals surface area contributed by atoms with E-state index in [0.29, 0.717) is 22.9 Å². The smallest absolute Gasteiger partial charge is 0.126 e. The highest BCUT2D eigenvalue weighted by Gasteiger charge is 2.06. The van der Waals surface area contributed by atoms with E-state index in [0.717, 1.165) is 11.3 Å². The van der Waals surface area contributed by atoms with Gasteiger partial charge in [-0.15, -0.1) is 0 Å². The van der Waals surface area contributed by atoms with Crippen molar-refractivity contribution in [3.8, 4) is 6.07 Å². The van der Waals surface area contributed by atoms with Crippen LogP contribution in [0.5, 0.6) is 0 Å². The van der Waals surface area contributed by atoms with Gasteiger partial charge < -0.3 is 11.1 Å². The number of anilines is 2. The molecule has 2 rings (SSSR count). The molecule has 0 amide bonds. The van der Waals surface area contributed by atoms with E-state index in [2.05, 4.69) is 10.4 Å². The minimum atomic E-state index is 0.511. The van der Waals surface area contributed by atoms with E-state index in [1.54, 1.807) is 36.1 Å². The van der Waals surface area contributed by atoms with E-state index >= 15 is 0 Å². The summed E-state index contributed by atoms with van der Waals surface area (Å²) >= 11 is 6.05. The zero-order valence-corrected chi connectivity index (χ0v) is 10.6. The first-order chi connectivity index (χ1) is 8.61. The number of nitrogens with two attached hydrogens (primary N) is 1. The summed E-state index contributed by atoms with van der Waals surface area (Å²) in [4.78, 5) is 0. The molecule has 0 saturated carbocycles. The maximum atomic E-state index is 8.74. The summed E-state index contributed by atoms with van der Waals surface area (Å²) in [6.45, 7) is 0.533. The molecule has 3 N–H and O–H groups in total. The molecule has 0 radical (unpaired) electrons. The quantitative estimate of drug-likeness (QED) is 0.887. The predicted octanol–water partition coefficient (Wildman–Crippen LogP) is 2.14. The predicted molar refractivity (Wildman–Crippen MR) is 71.1 cm³/mol. The number of rotatable bonds is 3. The molecule has 0 fully saturated rings. The van der Waals surface area contributed by atoms with Crippen molar-refractivity contribution in [2.75, 3.05) is 11.1 Å². The Morgan fingerprint density at radius 1 is 1.56 bits per heavy atom. The largest absolute Gasteiger partial charge is 0.384 e. The summed E-state index contributed by atoms with van der Waals surface area (Å²) in [5.74, 6) is 0.618. The molecule has 1 heterocycles. The van der Waals surface area contributed by atoms with Crippen LogP contribution in [0.2, 0.25) is 5.02 Å². The lowest BCUT2D eigenvalue weighted by atomic mass is 10.2. The zero-order chi connectivity index (χ0) is 13.1. The number of halogens is 1. The molecule has 1 aromatic carbocycles. The van der Waals surface area contributed by atoms with Crippen molar-refractivity contribution >= 4 is 23.1 Å². The van der Waals surface area contributed by atoms with Crippen molar-refractivity contribution in [3.05, 3.63) is 40.5 Å². The minimum absolute atomic E-state index is 0.511. The third-order valence-electron chi connectivity index (χ3n) is 2.63. The average molecular weight is 262 g/mol. The maximum Gasteiger partial charge on any atom is 0.126 e. The molecule has 0 aliphatic heterocycles. The molecular formula is C12H12ClN5. The van der Waals surface area contributed by atoms with Gasteiger partial charge in [0.05, 0.1) is 28.5 Å². The molecular weight excluding hydrogens is 250 g/mol. The van der Waals surface area contributed by atoms with Crippen LogP contribution in [-0.4, -0.2) is 9.78 Å². The lowest BCUT2D eigenvalue weighted by Gasteiger charge is -2.08. The SMILES string of the molecule is Cn1ncc(CNc2ccc(C#N)cc2Cl)c1N. The fraction of sp³-hybridized carbons (Fsp3) is 0.167. The van der Waals surface area contributed by atoms with Crippen LogP contribution in [-0.2, 0) is 13.6 Å². The zero-order valence-electron chi connectivity index (χ0n) is 9.81. The molecule has 0 saturated heterocycles. The Morgan fingerprint density at radius 2 is 2.33 bits per heavy atom. The highest BCUT2D eigenvalue weighted by molar-refractivity contribution is 6.33. The van der Waals surface area contributed by atoms with Crippen molar-refractivity contribution < 1.29 is 0 Å². The normalized spacial score (nSPS) is 10.1. The number of nitriles is 1. The number of hydrogen-bond acceptors (Lipinski definition) is 4. The van der Waals surface area contributed by atoms with Crippen LogP contribution < -0.4 is 11.1 Å². The first kappa shape index (κ1) is 12.3. The number of nitrogen functional groups attached to an aromatic ring is 1. The van der Waals surface area contributed by atoms with Crippen LogP contribution in [0.15, 0.2) is 24.4 Å². The number of aryl methyl sites for hydroxylation is 1. The van der Waals surface area contributed by atoms with Gasteiger partial charge in [-0.3, -0.25) is 4.68 Å². The van der Waals surface area contributed by atoms with Gasteiger partial charge in [0.15, 0.2) is 0 Å². The van der Waals surface area contributed by atoms with Crippen LogP contribution in [0.25, 0.3) is 0 Å². The van der Waals surface area contributed by atoms with Crippen molar-refractivity contribution in [1.82, 2.24) is 9.78 Å². The number of benzene rings is 1. The van der Waals surface area contributed by atoms with Crippen molar-refractivity contribution in [2.24, 2.45) is 7.05 Å². The van der Waals surface area contributed by atoms with Gasteiger partial charge in [0.2, 0.25) is 0 Å². The van der Waals surface area contributed by atoms with Crippen molar-refractivity contribution in [2.45, 2.75) is 6.54 Å². The first-order valence-electron chi connectivity index (χ1n) is 5.31. The number of nitrogens with zero attached hydrogens (tertiary/aromatic N) is 3. The van der Waals surface area contributed by atoms with E-state index in [-0.39, 0.29) is 0 Å². The lowest BCUT2D eigenvalue weighted by molar-refractivity contribution is 0.778. The number of nitrogens with one attached hydrogen (secondary N) is 1. The van der Waals surface area contributed by atoms with Gasteiger partial charge in [-0.25, -0.2) is 0 Å². The summed E-state index contributed by atoms with van der Waals surface area (Å²) in [5.41, 5.74) is 8.03. The molecule has 0 spiro atoms. The van der Waals surface area contributed by atoms with Gasteiger partial charge in [0.1, 0.15) is 5.82 Å². The molecule has 92 valence electrons. The summed E-state index contributed by atoms with van der Waals surface area (Å²) in [5, 5.41) is 16.5. The summed E-state index contributed by atoms with van der Waals surface area (Å²) in [7, 11) is 1.79. The Hall–Kier alpha value is -2.19. The summed E-state index contributed by atoms with van der Waals surface area (Å²) < 4.78 is 1.61. The molecule has 5 nitrogen and oxygen atoms in total. The Morgan fingerprint density at radius 3 is 2.89 bits per heavy atom. The Bertz CT molecular complexity index is 611. The summed E-state index contributed by atoms with van der Waals surface area (Å²) in [6.07, 6.45) is 1.71. The van der Waals surface area contributed by atoms with E-state index in [1.165, 1.54) is 0 Å². The molecule has 0 aliphatic carbocycles. The van der Waals surface area contributed by atoms with E-state index in [9.17, 15) is 0 Å². The summed E-state index contributed by atoms with van der Waals surface area (Å²) in [6, 6.07) is 7.14. The van der Waals surface area contributed by atoms with Crippen LogP contribution in [0, 0.1) is 11.3 Å². The molecule has 0 bridgehead atoms. The standard InChI is InChI=1S/C12H12ClN5/c1-18-12(15)9(7-17-18)6-16-11-3-2-8(5-14)4-10(11)13/h2-4,7,16H,6,15H2,1H3. The second-order valence-electron chi connectivity index (χ2n) is 3.84. The van der Waals surface area contributed by atoms with E-state index in [4.69, 9.17) is 22.6 Å². The second kappa shape index (κ2) is 4.98. The van der Waals surface area contributed by atoms with Gasteiger partial charge in [-0.05, 0) is 18.2 Å².